The fourth-order valence-electron chi connectivity index (χ4n) is 6.73. The van der Waals surface area contributed by atoms with Crippen molar-refractivity contribution in [3.8, 4) is 68.8 Å². The Morgan fingerprint density at radius 2 is 0.731 bits per heavy atom. The zero-order chi connectivity index (χ0) is 37.3. The Hall–Kier alpha value is -7.02. The van der Waals surface area contributed by atoms with Gasteiger partial charge in [0.25, 0.3) is 0 Å². The van der Waals surface area contributed by atoms with E-state index in [1.807, 2.05) is 24.3 Å². The molecule has 12 heteroatoms. The molecule has 0 N–H and O–H groups in total. The Morgan fingerprint density at radius 3 is 1.06 bits per heavy atom. The molecule has 0 atom stereocenters. The second kappa shape index (κ2) is 11.8. The van der Waals surface area contributed by atoms with Gasteiger partial charge in [0.15, 0.2) is 0 Å². The highest BCUT2D eigenvalue weighted by Crippen LogP contribution is 2.54. The Morgan fingerprint density at radius 1 is 0.385 bits per heavy atom. The Balaban J connectivity index is 1.45. The molecule has 0 unspecified atom stereocenters. The number of rotatable bonds is 2. The molecule has 0 spiro atoms. The molecule has 5 aromatic rings. The molecule has 2 aliphatic rings. The summed E-state index contributed by atoms with van der Waals surface area (Å²) in [6.45, 7) is 0. The van der Waals surface area contributed by atoms with Crippen molar-refractivity contribution in [2.24, 2.45) is 0 Å². The highest BCUT2D eigenvalue weighted by atomic mass is 19.4. The van der Waals surface area contributed by atoms with Crippen LogP contribution in [0.15, 0.2) is 96.1 Å². The van der Waals surface area contributed by atoms with Crippen LogP contribution in [0.2, 0.25) is 0 Å². The number of benzene rings is 5. The number of fused-ring (bicyclic) bond motifs is 6. The van der Waals surface area contributed by atoms with Crippen LogP contribution in [0, 0.1) is 57.0 Å². The molecule has 0 fully saturated rings. The van der Waals surface area contributed by atoms with E-state index in [0.29, 0.717) is 56.6 Å². The molecule has 0 heterocycles. The van der Waals surface area contributed by atoms with Crippen LogP contribution < -0.4 is 0 Å². The molecule has 0 saturated heterocycles. The van der Waals surface area contributed by atoms with Crippen molar-refractivity contribution in [2.75, 3.05) is 0 Å². The van der Waals surface area contributed by atoms with Gasteiger partial charge in [-0.25, -0.2) is 8.78 Å². The maximum absolute atomic E-state index is 14.4. The van der Waals surface area contributed by atoms with Crippen LogP contribution in [0.5, 0.6) is 0 Å². The van der Waals surface area contributed by atoms with Crippen LogP contribution >= 0.6 is 0 Å². The van der Waals surface area contributed by atoms with E-state index in [1.54, 1.807) is 12.1 Å². The van der Waals surface area contributed by atoms with Crippen molar-refractivity contribution in [1.29, 1.82) is 21.0 Å². The first-order chi connectivity index (χ1) is 24.7. The summed E-state index contributed by atoms with van der Waals surface area (Å²) in [5, 5.41) is 39.9. The van der Waals surface area contributed by atoms with Crippen molar-refractivity contribution in [1.82, 2.24) is 0 Å². The van der Waals surface area contributed by atoms with Crippen molar-refractivity contribution in [3.63, 3.8) is 0 Å². The normalized spacial score (nSPS) is 12.5. The van der Waals surface area contributed by atoms with E-state index in [0.717, 1.165) is 24.3 Å². The van der Waals surface area contributed by atoms with Gasteiger partial charge in [0, 0.05) is 11.1 Å². The molecule has 0 aliphatic heterocycles. The van der Waals surface area contributed by atoms with E-state index in [1.165, 1.54) is 36.4 Å². The van der Waals surface area contributed by atoms with Gasteiger partial charge in [0.1, 0.15) is 47.1 Å². The SMILES string of the molecule is N#CC(C#N)=C1c2cc(-c3cc(F)cc(C(F)(F)F)c3)ccc2-c2cc3c(cc21)-c1ccc(-c2cc(F)cc(C(F)(F)F)c2)cc1C3=C(C#N)C#N. The second-order valence-corrected chi connectivity index (χ2v) is 11.9. The van der Waals surface area contributed by atoms with Crippen LogP contribution in [-0.4, -0.2) is 0 Å². The molecule has 0 bridgehead atoms. The highest BCUT2D eigenvalue weighted by molar-refractivity contribution is 6.11. The third kappa shape index (κ3) is 5.35. The highest BCUT2D eigenvalue weighted by Gasteiger charge is 2.36. The average Bonchev–Trinajstić information content (AvgIpc) is 3.58. The number of nitrogens with zero attached hydrogens (tertiary/aromatic N) is 4. The topological polar surface area (TPSA) is 95.2 Å². The van der Waals surface area contributed by atoms with Crippen LogP contribution in [0.1, 0.15) is 33.4 Å². The lowest BCUT2D eigenvalue weighted by Gasteiger charge is -2.11. The first-order valence-corrected chi connectivity index (χ1v) is 15.0. The molecule has 4 nitrogen and oxygen atoms in total. The minimum atomic E-state index is -4.83. The third-order valence-electron chi connectivity index (χ3n) is 8.92. The zero-order valence-electron chi connectivity index (χ0n) is 25.9. The minimum absolute atomic E-state index is 0.105. The molecule has 0 amide bonds. The van der Waals surface area contributed by atoms with Gasteiger partial charge in [0.2, 0.25) is 0 Å². The Kier molecular flexibility index (Phi) is 7.60. The van der Waals surface area contributed by atoms with Gasteiger partial charge < -0.3 is 0 Å². The lowest BCUT2D eigenvalue weighted by molar-refractivity contribution is -0.138. The van der Waals surface area contributed by atoms with E-state index >= 15 is 0 Å². The number of hydrogen-bond donors (Lipinski definition) is 0. The lowest BCUT2D eigenvalue weighted by atomic mass is 9.93. The first kappa shape index (κ1) is 33.5. The summed E-state index contributed by atoms with van der Waals surface area (Å²) in [7, 11) is 0. The van der Waals surface area contributed by atoms with Crippen LogP contribution in [0.3, 0.4) is 0 Å². The van der Waals surface area contributed by atoms with Crippen LogP contribution in [0.25, 0.3) is 55.7 Å². The molecule has 0 aromatic heterocycles. The summed E-state index contributed by atoms with van der Waals surface area (Å²) in [4.78, 5) is 0. The molecule has 52 heavy (non-hydrogen) atoms. The molecule has 0 saturated carbocycles. The van der Waals surface area contributed by atoms with Gasteiger partial charge in [-0.3, -0.25) is 0 Å². The number of hydrogen-bond acceptors (Lipinski definition) is 4. The quantitative estimate of drug-likeness (QED) is 0.132. The molecule has 5 aromatic carbocycles. The summed E-state index contributed by atoms with van der Waals surface area (Å²) >= 11 is 0. The number of allylic oxidation sites excluding steroid dienone is 2. The molecule has 2 aliphatic carbocycles. The predicted molar refractivity (Wildman–Crippen MR) is 173 cm³/mol. The molecular weight excluding hydrogens is 688 g/mol. The number of alkyl halides is 6. The van der Waals surface area contributed by atoms with Crippen molar-refractivity contribution in [3.05, 3.63) is 141 Å². The maximum Gasteiger partial charge on any atom is 0.416 e. The van der Waals surface area contributed by atoms with E-state index in [-0.39, 0.29) is 44.5 Å². The fraction of sp³-hybridized carbons (Fsp3) is 0.0500. The Labute approximate surface area is 289 Å². The van der Waals surface area contributed by atoms with Crippen LogP contribution in [-0.2, 0) is 12.4 Å². The van der Waals surface area contributed by atoms with Gasteiger partial charge in [-0.1, -0.05) is 24.3 Å². The second-order valence-electron chi connectivity index (χ2n) is 11.9. The van der Waals surface area contributed by atoms with Crippen LogP contribution in [0.4, 0.5) is 35.1 Å². The summed E-state index contributed by atoms with van der Waals surface area (Å²) in [5.74, 6) is -2.25. The molecule has 0 radical (unpaired) electrons. The Bertz CT molecular complexity index is 2450. The molecule has 250 valence electrons. The van der Waals surface area contributed by atoms with Crippen molar-refractivity contribution < 1.29 is 35.1 Å². The van der Waals surface area contributed by atoms with Gasteiger partial charge in [0.05, 0.1) is 11.1 Å². The van der Waals surface area contributed by atoms with E-state index in [4.69, 9.17) is 0 Å². The summed E-state index contributed by atoms with van der Waals surface area (Å²) in [6.07, 6.45) is -9.66. The predicted octanol–water partition coefficient (Wildman–Crippen LogP) is 11.0. The summed E-state index contributed by atoms with van der Waals surface area (Å²) in [6, 6.07) is 23.7. The standard InChI is InChI=1S/C40H14F8N4/c41-27-7-21(5-25(11-27)39(43,44)45)19-1-3-29-31-13-36-32(14-35(31)37(33(29)9-19)23(15-49)16-50)30-4-2-20(10-34(30)38(36)24(17-51)18-52)22-6-26(40(46,47)48)12-28(42)8-22/h1-14H. The van der Waals surface area contributed by atoms with Gasteiger partial charge in [-0.15, -0.1) is 0 Å². The largest absolute Gasteiger partial charge is 0.416 e. The summed E-state index contributed by atoms with van der Waals surface area (Å²) in [5.41, 5.74) is 0.393. The summed E-state index contributed by atoms with van der Waals surface area (Å²) < 4.78 is 110. The molecular formula is C40H14F8N4. The average molecular weight is 703 g/mol. The van der Waals surface area contributed by atoms with Crippen molar-refractivity contribution >= 4 is 11.1 Å². The van der Waals surface area contributed by atoms with Crippen molar-refractivity contribution in [2.45, 2.75) is 12.4 Å². The minimum Gasteiger partial charge on any atom is -0.207 e. The lowest BCUT2D eigenvalue weighted by Crippen LogP contribution is -2.05. The number of nitriles is 4. The van der Waals surface area contributed by atoms with Gasteiger partial charge >= 0.3 is 12.4 Å². The van der Waals surface area contributed by atoms with E-state index in [9.17, 15) is 56.2 Å². The fourth-order valence-corrected chi connectivity index (χ4v) is 6.73. The number of halogens is 8. The van der Waals surface area contributed by atoms with Gasteiger partial charge in [-0.2, -0.15) is 47.4 Å². The molecule has 7 rings (SSSR count). The van der Waals surface area contributed by atoms with Gasteiger partial charge in [-0.05, 0) is 127 Å². The van der Waals surface area contributed by atoms with E-state index in [2.05, 4.69) is 0 Å². The smallest absolute Gasteiger partial charge is 0.207 e. The third-order valence-corrected chi connectivity index (χ3v) is 8.92. The maximum atomic E-state index is 14.4. The van der Waals surface area contributed by atoms with E-state index < -0.39 is 35.1 Å². The zero-order valence-corrected chi connectivity index (χ0v) is 25.9. The monoisotopic (exact) mass is 702 g/mol. The first-order valence-electron chi connectivity index (χ1n) is 15.0.